The Labute approximate surface area is 207 Å². The van der Waals surface area contributed by atoms with Crippen LogP contribution in [0.1, 0.15) is 40.5 Å². The van der Waals surface area contributed by atoms with E-state index in [1.54, 1.807) is 12.3 Å². The predicted molar refractivity (Wildman–Crippen MR) is 133 cm³/mol. The van der Waals surface area contributed by atoms with E-state index in [4.69, 9.17) is 32.9 Å². The van der Waals surface area contributed by atoms with Crippen LogP contribution in [0.5, 0.6) is 0 Å². The lowest BCUT2D eigenvalue weighted by atomic mass is 9.90. The molecule has 0 saturated carbocycles. The number of alkyl carbamates (subject to hydrolysis) is 1. The topological polar surface area (TPSA) is 71.8 Å². The van der Waals surface area contributed by atoms with Gasteiger partial charge in [0.2, 0.25) is 5.95 Å². The Morgan fingerprint density at radius 1 is 1.18 bits per heavy atom. The molecule has 176 valence electrons. The van der Waals surface area contributed by atoms with Crippen molar-refractivity contribution in [1.82, 2.24) is 19.7 Å². The van der Waals surface area contributed by atoms with Crippen molar-refractivity contribution in [2.45, 2.75) is 61.5 Å². The van der Waals surface area contributed by atoms with E-state index in [1.165, 1.54) is 11.8 Å². The second-order valence-electron chi connectivity index (χ2n) is 9.37. The average Bonchev–Trinajstić information content (AvgIpc) is 3.21. The van der Waals surface area contributed by atoms with E-state index < -0.39 is 5.60 Å². The quantitative estimate of drug-likeness (QED) is 0.461. The van der Waals surface area contributed by atoms with E-state index in [2.05, 4.69) is 22.1 Å². The average molecular weight is 508 g/mol. The molecule has 10 heteroatoms. The molecule has 0 spiro atoms. The van der Waals surface area contributed by atoms with Crippen LogP contribution >= 0.6 is 35.0 Å². The lowest BCUT2D eigenvalue weighted by Crippen LogP contribution is -2.54. The molecule has 1 N–H and O–H groups in total. The summed E-state index contributed by atoms with van der Waals surface area (Å²) in [5.74, 6) is 0.823. The third-order valence-corrected chi connectivity index (χ3v) is 7.46. The molecule has 1 fully saturated rings. The van der Waals surface area contributed by atoms with Crippen LogP contribution < -0.4 is 10.2 Å². The molecule has 0 unspecified atom stereocenters. The van der Waals surface area contributed by atoms with Gasteiger partial charge in [0.1, 0.15) is 5.60 Å². The van der Waals surface area contributed by atoms with Crippen LogP contribution in [0.25, 0.3) is 5.65 Å². The number of nitrogens with one attached hydrogen (secondary N) is 1. The Hall–Kier alpha value is -2.16. The molecule has 4 rings (SSSR count). The number of hydrogen-bond acceptors (Lipinski definition) is 6. The fourth-order valence-corrected chi connectivity index (χ4v) is 5.15. The van der Waals surface area contributed by atoms with E-state index in [-0.39, 0.29) is 11.6 Å². The summed E-state index contributed by atoms with van der Waals surface area (Å²) >= 11 is 14.0. The monoisotopic (exact) mass is 507 g/mol. The number of benzene rings is 1. The van der Waals surface area contributed by atoms with Crippen molar-refractivity contribution in [2.24, 2.45) is 0 Å². The predicted octanol–water partition coefficient (Wildman–Crippen LogP) is 6.07. The van der Waals surface area contributed by atoms with Gasteiger partial charge >= 0.3 is 6.09 Å². The van der Waals surface area contributed by atoms with Crippen molar-refractivity contribution in [3.05, 3.63) is 46.8 Å². The maximum atomic E-state index is 12.3. The maximum absolute atomic E-state index is 12.3. The third kappa shape index (κ3) is 5.50. The number of amides is 1. The van der Waals surface area contributed by atoms with Gasteiger partial charge in [0.15, 0.2) is 5.65 Å². The second kappa shape index (κ2) is 9.24. The summed E-state index contributed by atoms with van der Waals surface area (Å²) in [5.41, 5.74) is -0.0413. The van der Waals surface area contributed by atoms with Gasteiger partial charge in [-0.1, -0.05) is 41.0 Å². The largest absolute Gasteiger partial charge is 0.444 e. The van der Waals surface area contributed by atoms with Crippen LogP contribution in [-0.4, -0.2) is 44.7 Å². The molecule has 33 heavy (non-hydrogen) atoms. The summed E-state index contributed by atoms with van der Waals surface area (Å²) in [5, 5.41) is 4.08. The zero-order valence-corrected chi connectivity index (χ0v) is 21.4. The maximum Gasteiger partial charge on any atom is 0.408 e. The van der Waals surface area contributed by atoms with Gasteiger partial charge in [-0.15, -0.1) is 0 Å². The molecule has 0 radical (unpaired) electrons. The lowest BCUT2D eigenvalue weighted by molar-refractivity contribution is 0.0448. The molecular weight excluding hydrogens is 481 g/mol. The Morgan fingerprint density at radius 2 is 1.91 bits per heavy atom. The number of fused-ring (bicyclic) bond motifs is 1. The number of rotatable bonds is 4. The zero-order valence-electron chi connectivity index (χ0n) is 19.1. The van der Waals surface area contributed by atoms with E-state index in [1.807, 2.05) is 49.7 Å². The third-order valence-electron chi connectivity index (χ3n) is 5.46. The van der Waals surface area contributed by atoms with Crippen LogP contribution in [0, 0.1) is 0 Å². The molecule has 3 heterocycles. The fraction of sp³-hybridized carbons (Fsp3) is 0.435. The summed E-state index contributed by atoms with van der Waals surface area (Å²) in [6.07, 6.45) is 6.68. The van der Waals surface area contributed by atoms with Gasteiger partial charge in [0.05, 0.1) is 14.9 Å². The first-order chi connectivity index (χ1) is 15.5. The number of imidazole rings is 1. The number of ether oxygens (including phenoxy) is 1. The summed E-state index contributed by atoms with van der Waals surface area (Å²) in [7, 11) is 0. The molecule has 3 aromatic rings. The first-order valence-corrected chi connectivity index (χ1v) is 12.3. The van der Waals surface area contributed by atoms with Crippen molar-refractivity contribution in [3.63, 3.8) is 0 Å². The van der Waals surface area contributed by atoms with Gasteiger partial charge < -0.3 is 15.0 Å². The van der Waals surface area contributed by atoms with Crippen LogP contribution in [0.3, 0.4) is 0 Å². The number of hydrogen-bond donors (Lipinski definition) is 1. The highest BCUT2D eigenvalue weighted by atomic mass is 35.5. The van der Waals surface area contributed by atoms with Gasteiger partial charge in [-0.2, -0.15) is 0 Å². The Morgan fingerprint density at radius 3 is 2.61 bits per heavy atom. The number of halogens is 2. The highest BCUT2D eigenvalue weighted by Crippen LogP contribution is 2.39. The molecule has 1 saturated heterocycles. The summed E-state index contributed by atoms with van der Waals surface area (Å²) in [6.45, 7) is 9.15. The molecule has 1 aliphatic heterocycles. The van der Waals surface area contributed by atoms with Crippen molar-refractivity contribution in [2.75, 3.05) is 18.0 Å². The number of anilines is 1. The van der Waals surface area contributed by atoms with Crippen molar-refractivity contribution >= 4 is 52.7 Å². The van der Waals surface area contributed by atoms with Crippen LogP contribution in [0.4, 0.5) is 10.7 Å². The summed E-state index contributed by atoms with van der Waals surface area (Å²) in [4.78, 5) is 25.5. The number of nitrogens with zero attached hydrogens (tertiary/aromatic N) is 4. The van der Waals surface area contributed by atoms with Crippen LogP contribution in [0.2, 0.25) is 10.0 Å². The zero-order chi connectivity index (χ0) is 23.8. The molecule has 0 atom stereocenters. The highest BCUT2D eigenvalue weighted by Gasteiger charge is 2.34. The SMILES string of the molecule is CC1(NC(=O)OC(C)(C)C)CCN(c2ncc(Sc3cccc(Cl)c3Cl)c3nccn23)CC1. The van der Waals surface area contributed by atoms with Crippen molar-refractivity contribution in [1.29, 1.82) is 0 Å². The Bertz CT molecular complexity index is 1170. The first kappa shape index (κ1) is 24.0. The van der Waals surface area contributed by atoms with Crippen molar-refractivity contribution < 1.29 is 9.53 Å². The molecule has 0 bridgehead atoms. The lowest BCUT2D eigenvalue weighted by Gasteiger charge is -2.40. The normalized spacial score (nSPS) is 16.1. The molecule has 1 amide bonds. The van der Waals surface area contributed by atoms with E-state index in [0.29, 0.717) is 10.0 Å². The van der Waals surface area contributed by atoms with Gasteiger partial charge in [-0.25, -0.2) is 14.8 Å². The molecule has 1 aliphatic rings. The molecule has 0 aliphatic carbocycles. The Kier molecular flexibility index (Phi) is 6.71. The second-order valence-corrected chi connectivity index (χ2v) is 11.2. The molecular formula is C23H27Cl2N5O2S. The minimum Gasteiger partial charge on any atom is -0.444 e. The van der Waals surface area contributed by atoms with E-state index in [9.17, 15) is 4.79 Å². The summed E-state index contributed by atoms with van der Waals surface area (Å²) < 4.78 is 7.42. The fourth-order valence-electron chi connectivity index (χ4n) is 3.75. The molecule has 1 aromatic carbocycles. The standard InChI is InChI=1S/C23H27Cl2N5O2S/c1-22(2,3)32-21(31)28-23(4)8-11-29(12-9-23)20-27-14-17(19-26-10-13-30(19)20)33-16-7-5-6-15(24)18(16)25/h5-7,10,13-14H,8-9,11-12H2,1-4H3,(H,28,31). The smallest absolute Gasteiger partial charge is 0.408 e. The van der Waals surface area contributed by atoms with E-state index >= 15 is 0 Å². The number of aromatic nitrogens is 3. The van der Waals surface area contributed by atoms with Crippen molar-refractivity contribution in [3.8, 4) is 0 Å². The number of carbonyl (C=O) groups excluding carboxylic acids is 1. The minimum absolute atomic E-state index is 0.327. The summed E-state index contributed by atoms with van der Waals surface area (Å²) in [6, 6.07) is 5.56. The van der Waals surface area contributed by atoms with Crippen LogP contribution in [0.15, 0.2) is 46.6 Å². The van der Waals surface area contributed by atoms with Gasteiger partial charge in [-0.05, 0) is 52.7 Å². The van der Waals surface area contributed by atoms with Gasteiger partial charge in [0.25, 0.3) is 0 Å². The Balaban J connectivity index is 1.49. The van der Waals surface area contributed by atoms with Gasteiger partial charge in [0, 0.05) is 42.1 Å². The first-order valence-electron chi connectivity index (χ1n) is 10.7. The highest BCUT2D eigenvalue weighted by molar-refractivity contribution is 7.99. The van der Waals surface area contributed by atoms with E-state index in [0.717, 1.165) is 47.3 Å². The molecule has 7 nitrogen and oxygen atoms in total. The van der Waals surface area contributed by atoms with Gasteiger partial charge in [-0.3, -0.25) is 4.40 Å². The number of carbonyl (C=O) groups is 1. The molecule has 2 aromatic heterocycles. The van der Waals surface area contributed by atoms with Crippen LogP contribution in [-0.2, 0) is 4.74 Å². The number of piperidine rings is 1. The minimum atomic E-state index is -0.521.